The average Bonchev–Trinajstić information content (AvgIpc) is 2.94. The lowest BCUT2D eigenvalue weighted by Gasteiger charge is -2.52. The lowest BCUT2D eigenvalue weighted by atomic mass is 9.49. The number of fused-ring (bicyclic) bond motifs is 3. The van der Waals surface area contributed by atoms with Crippen LogP contribution in [0.4, 0.5) is 0 Å². The smallest absolute Gasteiger partial charge is 0.235 e. The number of nitrogens with two attached hydrogens (primary N) is 1. The molecule has 2 aromatic carbocycles. The Balaban J connectivity index is 1.59. The number of rotatable bonds is 6. The molecule has 3 aliphatic carbocycles. The molecule has 0 heterocycles. The second-order valence-electron chi connectivity index (χ2n) is 12.3. The van der Waals surface area contributed by atoms with Gasteiger partial charge in [-0.15, -0.1) is 0 Å². The van der Waals surface area contributed by atoms with E-state index < -0.39 is 70.1 Å². The SMILES string of the molecule is CCC(=O)C(C)c1ccc(-c2ccc(O)c3c2C[C@H]2C[C@H]4[C@H](C(C)C)C(=O)C(C(N)=O)C(=O)[C@@]4(O)C(=O)C2C3=O)cc1. The van der Waals surface area contributed by atoms with Gasteiger partial charge in [-0.3, -0.25) is 28.8 Å². The van der Waals surface area contributed by atoms with E-state index in [1.807, 2.05) is 38.1 Å². The molecule has 9 heteroatoms. The minimum Gasteiger partial charge on any atom is -0.507 e. The van der Waals surface area contributed by atoms with Crippen molar-refractivity contribution < 1.29 is 39.0 Å². The van der Waals surface area contributed by atoms with E-state index in [4.69, 9.17) is 5.73 Å². The van der Waals surface area contributed by atoms with Gasteiger partial charge in [0.2, 0.25) is 5.91 Å². The quantitative estimate of drug-likeness (QED) is 0.443. The Morgan fingerprint density at radius 3 is 2.21 bits per heavy atom. The molecule has 1 amide bonds. The third kappa shape index (κ3) is 4.16. The first-order chi connectivity index (χ1) is 19.7. The average molecular weight is 574 g/mol. The first kappa shape index (κ1) is 29.5. The first-order valence-corrected chi connectivity index (χ1v) is 14.4. The third-order valence-corrected chi connectivity index (χ3v) is 9.75. The molecule has 2 saturated carbocycles. The fourth-order valence-corrected chi connectivity index (χ4v) is 7.57. The Morgan fingerprint density at radius 2 is 1.64 bits per heavy atom. The number of amides is 1. The van der Waals surface area contributed by atoms with Gasteiger partial charge in [0.05, 0.1) is 11.5 Å². The van der Waals surface area contributed by atoms with Gasteiger partial charge in [0.25, 0.3) is 0 Å². The van der Waals surface area contributed by atoms with E-state index in [-0.39, 0.29) is 35.9 Å². The minimum atomic E-state index is -2.72. The van der Waals surface area contributed by atoms with Crippen molar-refractivity contribution in [1.82, 2.24) is 0 Å². The van der Waals surface area contributed by atoms with E-state index in [9.17, 15) is 39.0 Å². The van der Waals surface area contributed by atoms with E-state index >= 15 is 0 Å². The van der Waals surface area contributed by atoms with Gasteiger partial charge in [-0.25, -0.2) is 0 Å². The molecular weight excluding hydrogens is 538 g/mol. The van der Waals surface area contributed by atoms with E-state index in [0.29, 0.717) is 17.5 Å². The molecule has 0 aromatic heterocycles. The number of benzene rings is 2. The van der Waals surface area contributed by atoms with Crippen molar-refractivity contribution in [2.45, 2.75) is 58.5 Å². The summed E-state index contributed by atoms with van der Waals surface area (Å²) in [5, 5.41) is 22.5. The van der Waals surface area contributed by atoms with Gasteiger partial charge >= 0.3 is 0 Å². The maximum absolute atomic E-state index is 14.0. The highest BCUT2D eigenvalue weighted by Crippen LogP contribution is 2.53. The standard InChI is InChI=1S/C33H35NO8/c1-5-22(35)15(4)16-6-8-17(9-7-16)19-10-11-23(36)26-20(19)12-18-13-21-24(14(2)3)28(37)27(32(34)41)31(40)33(21,42)30(39)25(18)29(26)38/h6-11,14-15,18,21,24-25,27,36,42H,5,12-13H2,1-4H3,(H2,34,41)/t15?,18-,21-,24-,25?,27?,33-/m0/s1. The monoisotopic (exact) mass is 573 g/mol. The van der Waals surface area contributed by atoms with Crippen molar-refractivity contribution in [2.75, 3.05) is 0 Å². The van der Waals surface area contributed by atoms with Crippen LogP contribution < -0.4 is 5.73 Å². The van der Waals surface area contributed by atoms with Crippen LogP contribution in [-0.2, 0) is 30.4 Å². The zero-order valence-electron chi connectivity index (χ0n) is 24.0. The van der Waals surface area contributed by atoms with Crippen LogP contribution in [0.2, 0.25) is 0 Å². The van der Waals surface area contributed by atoms with Crippen molar-refractivity contribution in [3.63, 3.8) is 0 Å². The summed E-state index contributed by atoms with van der Waals surface area (Å²) in [6, 6.07) is 10.5. The van der Waals surface area contributed by atoms with Crippen LogP contribution >= 0.6 is 0 Å². The van der Waals surface area contributed by atoms with E-state index in [1.165, 1.54) is 6.07 Å². The number of aliphatic hydroxyl groups is 1. The molecule has 0 saturated heterocycles. The molecule has 0 radical (unpaired) electrons. The summed E-state index contributed by atoms with van der Waals surface area (Å²) in [6.07, 6.45) is 0.632. The lowest BCUT2D eigenvalue weighted by molar-refractivity contribution is -0.182. The number of carbonyl (C=O) groups excluding carboxylic acids is 6. The Morgan fingerprint density at radius 1 is 1.00 bits per heavy atom. The first-order valence-electron chi connectivity index (χ1n) is 14.4. The molecule has 5 rings (SSSR count). The molecule has 3 unspecified atom stereocenters. The van der Waals surface area contributed by atoms with Crippen molar-refractivity contribution in [1.29, 1.82) is 0 Å². The number of hydrogen-bond acceptors (Lipinski definition) is 8. The Kier molecular flexibility index (Phi) is 7.29. The molecule has 0 bridgehead atoms. The Labute approximate surface area is 243 Å². The number of phenolic OH excluding ortho intramolecular Hbond substituents is 1. The van der Waals surface area contributed by atoms with Gasteiger partial charge in [0.15, 0.2) is 34.7 Å². The molecule has 0 spiro atoms. The summed E-state index contributed by atoms with van der Waals surface area (Å²) in [6.45, 7) is 7.09. The predicted molar refractivity (Wildman–Crippen MR) is 151 cm³/mol. The topological polar surface area (TPSA) is 169 Å². The van der Waals surface area contributed by atoms with Crippen LogP contribution in [0.3, 0.4) is 0 Å². The van der Waals surface area contributed by atoms with Crippen LogP contribution in [0.15, 0.2) is 36.4 Å². The Bertz CT molecular complexity index is 1540. The normalized spacial score (nSPS) is 29.5. The molecule has 220 valence electrons. The van der Waals surface area contributed by atoms with Gasteiger partial charge in [0, 0.05) is 24.2 Å². The number of Topliss-reactive ketones (excluding diaryl/α,β-unsaturated/α-hetero) is 5. The second kappa shape index (κ2) is 10.4. The molecule has 7 atom stereocenters. The van der Waals surface area contributed by atoms with E-state index in [0.717, 1.165) is 11.1 Å². The van der Waals surface area contributed by atoms with Crippen molar-refractivity contribution in [3.05, 3.63) is 53.1 Å². The van der Waals surface area contributed by atoms with E-state index in [1.54, 1.807) is 19.9 Å². The molecule has 0 aliphatic heterocycles. The molecule has 3 aliphatic rings. The number of phenols is 1. The molecule has 42 heavy (non-hydrogen) atoms. The van der Waals surface area contributed by atoms with Crippen LogP contribution in [0.25, 0.3) is 11.1 Å². The number of hydrogen-bond donors (Lipinski definition) is 3. The van der Waals surface area contributed by atoms with E-state index in [2.05, 4.69) is 0 Å². The molecule has 2 aromatic rings. The summed E-state index contributed by atoms with van der Waals surface area (Å²) < 4.78 is 0. The third-order valence-electron chi connectivity index (χ3n) is 9.75. The van der Waals surface area contributed by atoms with Gasteiger partial charge in [-0.05, 0) is 53.0 Å². The van der Waals surface area contributed by atoms with Crippen LogP contribution in [0.1, 0.15) is 67.9 Å². The summed E-state index contributed by atoms with van der Waals surface area (Å²) in [5.74, 6) is -12.0. The van der Waals surface area contributed by atoms with Crippen LogP contribution in [0.5, 0.6) is 5.75 Å². The summed E-state index contributed by atoms with van der Waals surface area (Å²) in [4.78, 5) is 79.0. The lowest BCUT2D eigenvalue weighted by Crippen LogP contribution is -2.71. The maximum atomic E-state index is 14.0. The summed E-state index contributed by atoms with van der Waals surface area (Å²) >= 11 is 0. The Hall–Kier alpha value is -3.98. The van der Waals surface area contributed by atoms with Crippen LogP contribution in [-0.4, -0.2) is 50.6 Å². The molecule has 4 N–H and O–H groups in total. The van der Waals surface area contributed by atoms with Crippen molar-refractivity contribution >= 4 is 34.8 Å². The summed E-state index contributed by atoms with van der Waals surface area (Å²) in [5.41, 5.74) is 5.43. The zero-order valence-corrected chi connectivity index (χ0v) is 24.0. The largest absolute Gasteiger partial charge is 0.507 e. The summed E-state index contributed by atoms with van der Waals surface area (Å²) in [7, 11) is 0. The molecule has 9 nitrogen and oxygen atoms in total. The van der Waals surface area contributed by atoms with Gasteiger partial charge < -0.3 is 15.9 Å². The highest BCUT2D eigenvalue weighted by molar-refractivity contribution is 6.32. The number of carbonyl (C=O) groups is 6. The minimum absolute atomic E-state index is 0.0224. The fraction of sp³-hybridized carbons (Fsp3) is 0.455. The van der Waals surface area contributed by atoms with Crippen molar-refractivity contribution in [3.8, 4) is 16.9 Å². The maximum Gasteiger partial charge on any atom is 0.235 e. The highest BCUT2D eigenvalue weighted by atomic mass is 16.3. The second-order valence-corrected chi connectivity index (χ2v) is 12.3. The van der Waals surface area contributed by atoms with Crippen molar-refractivity contribution in [2.24, 2.45) is 41.2 Å². The van der Waals surface area contributed by atoms with Gasteiger partial charge in [0.1, 0.15) is 11.5 Å². The number of primary amides is 1. The fourth-order valence-electron chi connectivity index (χ4n) is 7.57. The zero-order chi connectivity index (χ0) is 30.8. The predicted octanol–water partition coefficient (Wildman–Crippen LogP) is 2.96. The molecule has 2 fully saturated rings. The van der Waals surface area contributed by atoms with Crippen LogP contribution in [0, 0.1) is 35.5 Å². The van der Waals surface area contributed by atoms with Gasteiger partial charge in [-0.1, -0.05) is 58.0 Å². The van der Waals surface area contributed by atoms with Gasteiger partial charge in [-0.2, -0.15) is 0 Å². The highest BCUT2D eigenvalue weighted by Gasteiger charge is 2.69. The number of aromatic hydroxyl groups is 1. The number of ketones is 5. The molecular formula is C33H35NO8.